The van der Waals surface area contributed by atoms with Gasteiger partial charge in [-0.25, -0.2) is 15.0 Å². The van der Waals surface area contributed by atoms with E-state index >= 15 is 0 Å². The molecule has 3 amide bonds. The third kappa shape index (κ3) is 21.0. The van der Waals surface area contributed by atoms with E-state index in [4.69, 9.17) is 4.84 Å². The number of rotatable bonds is 6. The Kier molecular flexibility index (Phi) is 26.2. The molecule has 0 bridgehead atoms. The first kappa shape index (κ1) is 52.5. The molecule has 0 spiro atoms. The van der Waals surface area contributed by atoms with Crippen molar-refractivity contribution < 1.29 is 55.8 Å². The molecule has 4 heterocycles. The molecule has 0 atom stereocenters. The van der Waals surface area contributed by atoms with Crippen molar-refractivity contribution in [1.82, 2.24) is 24.8 Å². The second-order valence-electron chi connectivity index (χ2n) is 14.8. The van der Waals surface area contributed by atoms with Crippen LogP contribution >= 0.6 is 53.2 Å². The van der Waals surface area contributed by atoms with Gasteiger partial charge in [-0.15, -0.1) is 0 Å². The molecule has 2 aliphatic rings. The second kappa shape index (κ2) is 26.4. The number of likely N-dealkylation sites (tertiary alicyclic amines) is 2. The number of ketones is 1. The Morgan fingerprint density at radius 2 is 1.19 bits per heavy atom. The number of nitrogens with one attached hydrogen (secondary N) is 2. The number of halogens is 4. The Labute approximate surface area is 366 Å². The monoisotopic (exact) mass is 1180 g/mol. The summed E-state index contributed by atoms with van der Waals surface area (Å²) in [6.45, 7) is 15.0. The van der Waals surface area contributed by atoms with Crippen molar-refractivity contribution in [2.45, 2.75) is 67.2 Å². The summed E-state index contributed by atoms with van der Waals surface area (Å²) < 4.78 is 0.712. The van der Waals surface area contributed by atoms with Gasteiger partial charge in [-0.05, 0) is 106 Å². The van der Waals surface area contributed by atoms with Crippen molar-refractivity contribution in [3.05, 3.63) is 46.7 Å². The van der Waals surface area contributed by atoms with Gasteiger partial charge in [0.1, 0.15) is 21.9 Å². The fraction of sp³-hybridized carbons (Fsp3) is 0.611. The molecule has 299 valence electrons. The Bertz CT molecular complexity index is 1430. The zero-order valence-corrected chi connectivity index (χ0v) is 42.0. The fourth-order valence-corrected chi connectivity index (χ4v) is 5.15. The molecule has 0 unspecified atom stereocenters. The Balaban J connectivity index is 0.000000762. The van der Waals surface area contributed by atoms with Crippen LogP contribution in [0.5, 0.6) is 0 Å². The number of piperidine rings is 2. The number of anilines is 2. The summed E-state index contributed by atoms with van der Waals surface area (Å²) in [5.41, 5.74) is -0.444. The van der Waals surface area contributed by atoms with Crippen LogP contribution in [0.2, 0.25) is 0 Å². The maximum absolute atomic E-state index is 12.5. The molecule has 0 aliphatic carbocycles. The molecule has 0 aromatic carbocycles. The van der Waals surface area contributed by atoms with E-state index in [-0.39, 0.29) is 53.9 Å². The Hall–Kier alpha value is -0.486. The van der Waals surface area contributed by atoms with Crippen LogP contribution in [0.4, 0.5) is 11.6 Å². The van der Waals surface area contributed by atoms with Crippen molar-refractivity contribution >= 4 is 88.3 Å². The first-order valence-corrected chi connectivity index (χ1v) is 30.4. The van der Waals surface area contributed by atoms with E-state index in [2.05, 4.69) is 97.7 Å². The number of pyridine rings is 2. The minimum atomic E-state index is -0.490. The van der Waals surface area contributed by atoms with Gasteiger partial charge in [-0.2, -0.15) is 0 Å². The van der Waals surface area contributed by atoms with Gasteiger partial charge in [0.15, 0.2) is 5.78 Å². The molecule has 53 heavy (non-hydrogen) atoms. The minimum absolute atomic E-state index is 0. The molecular formula is C36H56BrI3N7O5V-. The van der Waals surface area contributed by atoms with E-state index in [0.717, 1.165) is 51.9 Å². The van der Waals surface area contributed by atoms with E-state index in [1.54, 1.807) is 31.3 Å². The summed E-state index contributed by atoms with van der Waals surface area (Å²) in [5, 5.41) is 6.85. The number of amides is 3. The number of Topliss-reactive ketones (excluding diaryl/α,β-unsaturated/α-hetero) is 1. The number of hydrogen-bond acceptors (Lipinski definition) is 9. The van der Waals surface area contributed by atoms with E-state index in [9.17, 15) is 19.2 Å². The third-order valence-electron chi connectivity index (χ3n) is 8.30. The molecule has 12 nitrogen and oxygen atoms in total. The van der Waals surface area contributed by atoms with Crippen LogP contribution in [0.25, 0.3) is 0 Å². The third-order valence-corrected chi connectivity index (χ3v) is 8.75. The molecule has 1 radical (unpaired) electrons. The normalized spacial score (nSPS) is 15.5. The molecule has 2 aromatic rings. The molecule has 2 aliphatic heterocycles. The molecule has 2 saturated heterocycles. The largest absolute Gasteiger partial charge is 0 e. The van der Waals surface area contributed by atoms with Gasteiger partial charge in [0, 0.05) is 48.3 Å². The van der Waals surface area contributed by atoms with E-state index in [1.165, 1.54) is 12.2 Å². The van der Waals surface area contributed by atoms with Crippen LogP contribution in [-0.2, 0) is 37.8 Å². The van der Waals surface area contributed by atoms with Crippen molar-refractivity contribution in [3.8, 4) is 0 Å². The van der Waals surface area contributed by atoms with Crippen molar-refractivity contribution in [2.75, 3.05) is 65.1 Å². The maximum Gasteiger partial charge on any atom is 0 e. The second-order valence-corrected chi connectivity index (χ2v) is 31.8. The summed E-state index contributed by atoms with van der Waals surface area (Å²) in [4.78, 5) is 65.5. The van der Waals surface area contributed by atoms with Gasteiger partial charge in [0.2, 0.25) is 17.7 Å². The van der Waals surface area contributed by atoms with E-state index in [1.807, 2.05) is 53.7 Å². The number of carbonyl (C=O) groups excluding carboxylic acids is 4. The van der Waals surface area contributed by atoms with Crippen LogP contribution in [0.15, 0.2) is 41.0 Å². The van der Waals surface area contributed by atoms with Crippen LogP contribution < -0.4 is 23.9 Å². The first-order valence-electron chi connectivity index (χ1n) is 17.1. The van der Waals surface area contributed by atoms with Crippen LogP contribution in [0.1, 0.15) is 77.7 Å². The summed E-state index contributed by atoms with van der Waals surface area (Å²) >= 11 is 8.54. The van der Waals surface area contributed by atoms with Gasteiger partial charge in [0.25, 0.3) is 0 Å². The average molecular weight is 1180 g/mol. The molecule has 0 saturated carbocycles. The van der Waals surface area contributed by atoms with Gasteiger partial charge >= 0.3 is 50.5 Å². The van der Waals surface area contributed by atoms with Gasteiger partial charge < -0.3 is 20.4 Å². The van der Waals surface area contributed by atoms with Crippen molar-refractivity contribution in [1.29, 1.82) is 0 Å². The summed E-state index contributed by atoms with van der Waals surface area (Å²) in [6.07, 6.45) is 3.64. The molecular weight excluding hydrogens is 1120 g/mol. The zero-order chi connectivity index (χ0) is 39.6. The van der Waals surface area contributed by atoms with Gasteiger partial charge in [-0.3, -0.25) is 24.0 Å². The number of carbonyl (C=O) groups is 4. The van der Waals surface area contributed by atoms with Crippen molar-refractivity contribution in [3.63, 3.8) is 0 Å². The summed E-state index contributed by atoms with van der Waals surface area (Å²) in [5.74, 6) is 1.25. The molecule has 17 heteroatoms. The molecule has 2 fully saturated rings. The maximum atomic E-state index is 12.5. The smallest absolute Gasteiger partial charge is 0 e. The number of hydroxylamine groups is 2. The summed E-state index contributed by atoms with van der Waals surface area (Å²) in [6, 6.07) is 10.6. The van der Waals surface area contributed by atoms with Crippen LogP contribution in [0, 0.1) is 22.7 Å². The topological polar surface area (TPSA) is 137 Å². The number of nitrogens with zero attached hydrogens (tertiary/aromatic N) is 5. The summed E-state index contributed by atoms with van der Waals surface area (Å²) in [7, 11) is 7.34. The molecule has 4 rings (SSSR count). The average Bonchev–Trinajstić information content (AvgIpc) is 3.08. The van der Waals surface area contributed by atoms with E-state index in [0.29, 0.717) is 35.2 Å². The fourth-order valence-electron chi connectivity index (χ4n) is 4.81. The standard InChI is InChI=1S/C17H25N3O2.C10H13BrN2O.C9H18N2O2.I3.V/c1-17(2,3)16(22)19-14-7-5-6-13(18-14)15(21)12-8-10-20(4)11-9-12;1-10(2,3)9(14)13-8-6-4-5-7(11)12-8;1-10-6-4-8(5-7-10)9(12)11(2)13-3;1-3-2;/h5-7,12H,8-11H2,1-4H3,(H,18,19,22);4-6H,1-3H3,(H,12,13,14);8H,4-7H2,1-3H3;;/q;;;-1;. The molecule has 2 N–H and O–H groups in total. The quantitative estimate of drug-likeness (QED) is 0.185. The predicted molar refractivity (Wildman–Crippen MR) is 225 cm³/mol. The van der Waals surface area contributed by atoms with Crippen molar-refractivity contribution in [2.24, 2.45) is 22.7 Å². The Morgan fingerprint density at radius 3 is 1.58 bits per heavy atom. The van der Waals surface area contributed by atoms with Gasteiger partial charge in [0.05, 0.1) is 7.11 Å². The van der Waals surface area contributed by atoms with Gasteiger partial charge in [-0.1, -0.05) is 53.7 Å². The first-order chi connectivity index (χ1) is 24.2. The zero-order valence-electron chi connectivity index (χ0n) is 32.5. The number of hydrogen-bond donors (Lipinski definition) is 2. The Morgan fingerprint density at radius 1 is 0.792 bits per heavy atom. The van der Waals surface area contributed by atoms with Crippen LogP contribution in [-0.4, -0.2) is 103 Å². The molecule has 2 aromatic heterocycles. The SMILES string of the molecule is CC(C)(C)C(=O)Nc1cccc(Br)n1.CN1CCC(C(=O)c2cccc(NC(=O)C(C)(C)C)n2)CC1.CON(C)C(=O)C1CCN(C)CC1.I[I-]I.[V]. The van der Waals surface area contributed by atoms with Crippen LogP contribution in [0.3, 0.4) is 0 Å². The van der Waals surface area contributed by atoms with E-state index < -0.39 is 10.8 Å². The minimum Gasteiger partial charge on any atom is 0 e. The number of aromatic nitrogens is 2. The predicted octanol–water partition coefficient (Wildman–Crippen LogP) is 4.54.